The Morgan fingerprint density at radius 1 is 0.923 bits per heavy atom. The van der Waals surface area contributed by atoms with Gasteiger partial charge >= 0.3 is 0 Å². The Morgan fingerprint density at radius 3 is 2.12 bits per heavy atom. The Balaban J connectivity index is 1.38. The monoisotopic (exact) mass is 353 g/mol. The molecule has 2 fully saturated rings. The minimum Gasteiger partial charge on any atom is -0.457 e. The number of nitrogens with one attached hydrogen (secondary N) is 2. The fraction of sp³-hybridized carbons (Fsp3) is 0.350. The highest BCUT2D eigenvalue weighted by Crippen LogP contribution is 2.24. The number of carbonyl (C=O) groups excluding carboxylic acids is 1. The maximum absolute atomic E-state index is 12.5. The molecule has 2 heterocycles. The highest BCUT2D eigenvalue weighted by molar-refractivity contribution is 5.94. The Kier molecular flexibility index (Phi) is 5.15. The van der Waals surface area contributed by atoms with Crippen molar-refractivity contribution in [1.29, 1.82) is 0 Å². The summed E-state index contributed by atoms with van der Waals surface area (Å²) in [6, 6.07) is 15.3. The summed E-state index contributed by atoms with van der Waals surface area (Å²) in [6.07, 6.45) is 0.217. The van der Waals surface area contributed by atoms with E-state index in [0.29, 0.717) is 37.6 Å². The standard InChI is InChI=1S/C20H23N3O3/c24-20(23-11-13-25-14-12-23)16-3-7-18(8-4-16)26-17-5-1-15(2-6-17)19-21-9-10-22-19/h1-8,19,21-22H,9-14H2. The first-order chi connectivity index (χ1) is 12.8. The van der Waals surface area contributed by atoms with Gasteiger partial charge in [0.15, 0.2) is 0 Å². The molecule has 2 aromatic carbocycles. The molecular formula is C20H23N3O3. The molecule has 0 bridgehead atoms. The zero-order chi connectivity index (χ0) is 17.8. The van der Waals surface area contributed by atoms with E-state index >= 15 is 0 Å². The molecule has 0 atom stereocenters. The Bertz CT molecular complexity index is 734. The quantitative estimate of drug-likeness (QED) is 0.882. The van der Waals surface area contributed by atoms with E-state index in [1.54, 1.807) is 0 Å². The molecule has 0 saturated carbocycles. The highest BCUT2D eigenvalue weighted by atomic mass is 16.5. The Morgan fingerprint density at radius 2 is 1.50 bits per heavy atom. The van der Waals surface area contributed by atoms with E-state index in [0.717, 1.165) is 18.8 Å². The third-order valence-corrected chi connectivity index (χ3v) is 4.67. The van der Waals surface area contributed by atoms with Crippen LogP contribution in [0.4, 0.5) is 0 Å². The maximum Gasteiger partial charge on any atom is 0.254 e. The molecule has 0 aliphatic carbocycles. The fourth-order valence-corrected chi connectivity index (χ4v) is 3.22. The summed E-state index contributed by atoms with van der Waals surface area (Å²) in [5.41, 5.74) is 1.87. The molecule has 1 amide bonds. The summed E-state index contributed by atoms with van der Waals surface area (Å²) < 4.78 is 11.2. The van der Waals surface area contributed by atoms with Gasteiger partial charge in [-0.15, -0.1) is 0 Å². The number of hydrogen-bond donors (Lipinski definition) is 2. The SMILES string of the molecule is O=C(c1ccc(Oc2ccc(C3NCCN3)cc2)cc1)N1CCOCC1. The van der Waals surface area contributed by atoms with Gasteiger partial charge in [-0.05, 0) is 42.0 Å². The van der Waals surface area contributed by atoms with E-state index in [4.69, 9.17) is 9.47 Å². The van der Waals surface area contributed by atoms with Crippen molar-refractivity contribution in [3.05, 3.63) is 59.7 Å². The molecule has 136 valence electrons. The van der Waals surface area contributed by atoms with Crippen LogP contribution in [0.25, 0.3) is 0 Å². The lowest BCUT2D eigenvalue weighted by Crippen LogP contribution is -2.40. The smallest absolute Gasteiger partial charge is 0.254 e. The number of morpholine rings is 1. The second-order valence-corrected chi connectivity index (χ2v) is 6.44. The van der Waals surface area contributed by atoms with Gasteiger partial charge in [0, 0.05) is 31.7 Å². The van der Waals surface area contributed by atoms with Crippen molar-refractivity contribution in [1.82, 2.24) is 15.5 Å². The van der Waals surface area contributed by atoms with Crippen molar-refractivity contribution in [2.75, 3.05) is 39.4 Å². The van der Waals surface area contributed by atoms with Crippen LogP contribution in [0.15, 0.2) is 48.5 Å². The average Bonchev–Trinajstić information content (AvgIpc) is 3.24. The second-order valence-electron chi connectivity index (χ2n) is 6.44. The number of ether oxygens (including phenoxy) is 2. The minimum absolute atomic E-state index is 0.0424. The summed E-state index contributed by atoms with van der Waals surface area (Å²) >= 11 is 0. The number of rotatable bonds is 4. The van der Waals surface area contributed by atoms with Crippen LogP contribution in [0.3, 0.4) is 0 Å². The van der Waals surface area contributed by atoms with Crippen molar-refractivity contribution in [3.8, 4) is 11.5 Å². The number of benzene rings is 2. The lowest BCUT2D eigenvalue weighted by atomic mass is 10.1. The van der Waals surface area contributed by atoms with Crippen molar-refractivity contribution >= 4 is 5.91 Å². The van der Waals surface area contributed by atoms with E-state index in [-0.39, 0.29) is 12.1 Å². The van der Waals surface area contributed by atoms with E-state index in [1.165, 1.54) is 5.56 Å². The molecule has 2 N–H and O–H groups in total. The van der Waals surface area contributed by atoms with Gasteiger partial charge in [-0.1, -0.05) is 12.1 Å². The van der Waals surface area contributed by atoms with Crippen LogP contribution in [0.1, 0.15) is 22.1 Å². The largest absolute Gasteiger partial charge is 0.457 e. The molecule has 0 unspecified atom stereocenters. The van der Waals surface area contributed by atoms with E-state index in [2.05, 4.69) is 22.8 Å². The van der Waals surface area contributed by atoms with Crippen LogP contribution in [0, 0.1) is 0 Å². The van der Waals surface area contributed by atoms with Gasteiger partial charge in [0.2, 0.25) is 0 Å². The van der Waals surface area contributed by atoms with Crippen LogP contribution in [-0.4, -0.2) is 50.2 Å². The molecule has 2 aromatic rings. The molecule has 2 aliphatic heterocycles. The van der Waals surface area contributed by atoms with Crippen LogP contribution in [0.2, 0.25) is 0 Å². The lowest BCUT2D eigenvalue weighted by molar-refractivity contribution is 0.0303. The van der Waals surface area contributed by atoms with Gasteiger partial charge in [0.1, 0.15) is 11.5 Å². The van der Waals surface area contributed by atoms with Crippen molar-refractivity contribution < 1.29 is 14.3 Å². The number of hydrogen-bond acceptors (Lipinski definition) is 5. The Hall–Kier alpha value is -2.41. The summed E-state index contributed by atoms with van der Waals surface area (Å²) in [4.78, 5) is 14.3. The average molecular weight is 353 g/mol. The van der Waals surface area contributed by atoms with Gasteiger partial charge in [0.05, 0.1) is 19.4 Å². The van der Waals surface area contributed by atoms with Crippen LogP contribution in [0.5, 0.6) is 11.5 Å². The minimum atomic E-state index is 0.0424. The normalized spacial score (nSPS) is 18.1. The molecule has 2 saturated heterocycles. The number of nitrogens with zero attached hydrogens (tertiary/aromatic N) is 1. The van der Waals surface area contributed by atoms with Crippen LogP contribution in [-0.2, 0) is 4.74 Å². The van der Waals surface area contributed by atoms with Crippen LogP contribution < -0.4 is 15.4 Å². The Labute approximate surface area is 153 Å². The summed E-state index contributed by atoms with van der Waals surface area (Å²) in [5, 5.41) is 6.78. The van der Waals surface area contributed by atoms with Gasteiger partial charge in [0.25, 0.3) is 5.91 Å². The van der Waals surface area contributed by atoms with Crippen molar-refractivity contribution in [3.63, 3.8) is 0 Å². The van der Waals surface area contributed by atoms with E-state index in [1.807, 2.05) is 41.3 Å². The first-order valence-electron chi connectivity index (χ1n) is 9.01. The predicted molar refractivity (Wildman–Crippen MR) is 98.4 cm³/mol. The van der Waals surface area contributed by atoms with Crippen molar-refractivity contribution in [2.45, 2.75) is 6.17 Å². The van der Waals surface area contributed by atoms with E-state index in [9.17, 15) is 4.79 Å². The third kappa shape index (κ3) is 3.88. The van der Waals surface area contributed by atoms with Gasteiger partial charge in [-0.2, -0.15) is 0 Å². The summed E-state index contributed by atoms with van der Waals surface area (Å²) in [7, 11) is 0. The summed E-state index contributed by atoms with van der Waals surface area (Å²) in [5.74, 6) is 1.54. The van der Waals surface area contributed by atoms with E-state index < -0.39 is 0 Å². The number of carbonyl (C=O) groups is 1. The van der Waals surface area contributed by atoms with Crippen LogP contribution >= 0.6 is 0 Å². The topological polar surface area (TPSA) is 62.8 Å². The first kappa shape index (κ1) is 17.0. The molecule has 0 radical (unpaired) electrons. The van der Waals surface area contributed by atoms with Crippen molar-refractivity contribution in [2.24, 2.45) is 0 Å². The molecular weight excluding hydrogens is 330 g/mol. The molecule has 6 nitrogen and oxygen atoms in total. The molecule has 4 rings (SSSR count). The van der Waals surface area contributed by atoms with Gasteiger partial charge < -0.3 is 14.4 Å². The predicted octanol–water partition coefficient (Wildman–Crippen LogP) is 2.14. The zero-order valence-electron chi connectivity index (χ0n) is 14.6. The lowest BCUT2D eigenvalue weighted by Gasteiger charge is -2.26. The fourth-order valence-electron chi connectivity index (χ4n) is 3.22. The van der Waals surface area contributed by atoms with Gasteiger partial charge in [-0.3, -0.25) is 15.4 Å². The second kappa shape index (κ2) is 7.86. The molecule has 2 aliphatic rings. The zero-order valence-corrected chi connectivity index (χ0v) is 14.6. The first-order valence-corrected chi connectivity index (χ1v) is 9.01. The van der Waals surface area contributed by atoms with Gasteiger partial charge in [-0.25, -0.2) is 0 Å². The third-order valence-electron chi connectivity index (χ3n) is 4.67. The molecule has 6 heteroatoms. The molecule has 0 aromatic heterocycles. The number of amides is 1. The molecule has 26 heavy (non-hydrogen) atoms. The molecule has 0 spiro atoms. The highest BCUT2D eigenvalue weighted by Gasteiger charge is 2.18. The summed E-state index contributed by atoms with van der Waals surface area (Å²) in [6.45, 7) is 4.48. The maximum atomic E-state index is 12.5.